The molecule has 0 aromatic carbocycles. The fourth-order valence-corrected chi connectivity index (χ4v) is 1.74. The van der Waals surface area contributed by atoms with Crippen molar-refractivity contribution in [2.75, 3.05) is 12.4 Å². The van der Waals surface area contributed by atoms with Crippen LogP contribution in [0, 0.1) is 0 Å². The van der Waals surface area contributed by atoms with Crippen LogP contribution in [0.15, 0.2) is 0 Å². The lowest BCUT2D eigenvalue weighted by Gasteiger charge is -2.25. The van der Waals surface area contributed by atoms with E-state index in [0.717, 1.165) is 5.75 Å². The highest BCUT2D eigenvalue weighted by Crippen LogP contribution is 2.31. The lowest BCUT2D eigenvalue weighted by atomic mass is 10.1. The first-order chi connectivity index (χ1) is 4.68. The highest BCUT2D eigenvalue weighted by Gasteiger charge is 2.18. The Kier molecular flexibility index (Phi) is 5.18. The molecule has 10 heavy (non-hydrogen) atoms. The Morgan fingerprint density at radius 3 is 2.10 bits per heavy atom. The van der Waals surface area contributed by atoms with E-state index in [1.54, 1.807) is 0 Å². The molecule has 0 atom stereocenters. The number of hydrogen-bond donors (Lipinski definition) is 1. The van der Waals surface area contributed by atoms with Crippen molar-refractivity contribution in [1.29, 1.82) is 0 Å². The first-order valence-corrected chi connectivity index (χ1v) is 4.92. The van der Waals surface area contributed by atoms with E-state index >= 15 is 0 Å². The fourth-order valence-electron chi connectivity index (χ4n) is 0.746. The maximum atomic E-state index is 8.60. The van der Waals surface area contributed by atoms with Gasteiger partial charge in [-0.05, 0) is 12.8 Å². The topological polar surface area (TPSA) is 20.2 Å². The Labute approximate surface area is 68.2 Å². The minimum atomic E-state index is 0.306. The molecule has 62 valence electrons. The van der Waals surface area contributed by atoms with Crippen LogP contribution in [0.3, 0.4) is 0 Å². The minimum Gasteiger partial charge on any atom is -0.396 e. The molecule has 1 N–H and O–H groups in total. The van der Waals surface area contributed by atoms with Crippen molar-refractivity contribution in [2.24, 2.45) is 0 Å². The van der Waals surface area contributed by atoms with E-state index in [0.29, 0.717) is 11.4 Å². The molecule has 2 heteroatoms. The van der Waals surface area contributed by atoms with Crippen LogP contribution in [0.1, 0.15) is 33.6 Å². The number of aliphatic hydroxyl groups excluding tert-OH is 1. The molecule has 0 heterocycles. The molecule has 0 aromatic heterocycles. The summed E-state index contributed by atoms with van der Waals surface area (Å²) in [4.78, 5) is 0. The summed E-state index contributed by atoms with van der Waals surface area (Å²) in [5.74, 6) is 0.873. The maximum Gasteiger partial charge on any atom is 0.0521 e. The van der Waals surface area contributed by atoms with Crippen molar-refractivity contribution in [3.05, 3.63) is 0 Å². The van der Waals surface area contributed by atoms with Gasteiger partial charge in [-0.1, -0.05) is 20.8 Å². The smallest absolute Gasteiger partial charge is 0.0521 e. The standard InChI is InChI=1S/C8H18OS/c1-4-8(3,5-2)10-7-6-9/h9H,4-7H2,1-3H3. The summed E-state index contributed by atoms with van der Waals surface area (Å²) in [5.41, 5.74) is 0. The third kappa shape index (κ3) is 3.47. The van der Waals surface area contributed by atoms with Gasteiger partial charge < -0.3 is 5.11 Å². The highest BCUT2D eigenvalue weighted by atomic mass is 32.2. The second-order valence-electron chi connectivity index (χ2n) is 2.73. The van der Waals surface area contributed by atoms with Crippen molar-refractivity contribution in [3.8, 4) is 0 Å². The quantitative estimate of drug-likeness (QED) is 0.669. The SMILES string of the molecule is CCC(C)(CC)SCCO. The Morgan fingerprint density at radius 1 is 1.30 bits per heavy atom. The van der Waals surface area contributed by atoms with E-state index in [1.807, 2.05) is 11.8 Å². The molecular weight excluding hydrogens is 144 g/mol. The lowest BCUT2D eigenvalue weighted by molar-refractivity contribution is 0.322. The maximum absolute atomic E-state index is 8.60. The van der Waals surface area contributed by atoms with Gasteiger partial charge in [0, 0.05) is 10.5 Å². The molecule has 0 aliphatic rings. The number of aliphatic hydroxyl groups is 1. The van der Waals surface area contributed by atoms with E-state index in [1.165, 1.54) is 12.8 Å². The predicted octanol–water partition coefficient (Wildman–Crippen LogP) is 2.29. The highest BCUT2D eigenvalue weighted by molar-refractivity contribution is 8.00. The summed E-state index contributed by atoms with van der Waals surface area (Å²) in [7, 11) is 0. The van der Waals surface area contributed by atoms with Crippen molar-refractivity contribution in [3.63, 3.8) is 0 Å². The number of thioether (sulfide) groups is 1. The number of hydrogen-bond acceptors (Lipinski definition) is 2. The average molecular weight is 162 g/mol. The van der Waals surface area contributed by atoms with Crippen LogP contribution < -0.4 is 0 Å². The van der Waals surface area contributed by atoms with Gasteiger partial charge in [0.05, 0.1) is 6.61 Å². The molecule has 0 saturated carbocycles. The largest absolute Gasteiger partial charge is 0.396 e. The van der Waals surface area contributed by atoms with Crippen molar-refractivity contribution >= 4 is 11.8 Å². The Morgan fingerprint density at radius 2 is 1.80 bits per heavy atom. The zero-order chi connectivity index (χ0) is 8.04. The van der Waals surface area contributed by atoms with Gasteiger partial charge in [0.1, 0.15) is 0 Å². The van der Waals surface area contributed by atoms with Crippen LogP contribution in [-0.2, 0) is 0 Å². The van der Waals surface area contributed by atoms with Gasteiger partial charge in [-0.2, -0.15) is 11.8 Å². The molecule has 1 nitrogen and oxygen atoms in total. The van der Waals surface area contributed by atoms with Gasteiger partial charge in [-0.25, -0.2) is 0 Å². The van der Waals surface area contributed by atoms with Gasteiger partial charge in [-0.3, -0.25) is 0 Å². The summed E-state index contributed by atoms with van der Waals surface area (Å²) in [6.45, 7) is 6.97. The first kappa shape index (κ1) is 10.3. The lowest BCUT2D eigenvalue weighted by Crippen LogP contribution is -2.18. The third-order valence-corrected chi connectivity index (χ3v) is 3.70. The van der Waals surface area contributed by atoms with Gasteiger partial charge >= 0.3 is 0 Å². The van der Waals surface area contributed by atoms with Crippen LogP contribution in [-0.4, -0.2) is 22.2 Å². The van der Waals surface area contributed by atoms with E-state index in [2.05, 4.69) is 20.8 Å². The molecule has 0 aliphatic carbocycles. The zero-order valence-corrected chi connectivity index (χ0v) is 8.00. The molecule has 0 aliphatic heterocycles. The normalized spacial score (nSPS) is 12.0. The van der Waals surface area contributed by atoms with Crippen molar-refractivity contribution in [2.45, 2.75) is 38.4 Å². The summed E-state index contributed by atoms with van der Waals surface area (Å²) in [5, 5.41) is 8.60. The predicted molar refractivity (Wildman–Crippen MR) is 48.5 cm³/mol. The molecule has 0 radical (unpaired) electrons. The molecule has 0 unspecified atom stereocenters. The Balaban J connectivity index is 3.58. The van der Waals surface area contributed by atoms with Crippen LogP contribution in [0.25, 0.3) is 0 Å². The molecule has 0 aromatic rings. The molecule has 0 rings (SSSR count). The van der Waals surface area contributed by atoms with E-state index in [4.69, 9.17) is 5.11 Å². The third-order valence-electron chi connectivity index (χ3n) is 2.04. The van der Waals surface area contributed by atoms with Gasteiger partial charge in [0.2, 0.25) is 0 Å². The Bertz CT molecular complexity index is 79.3. The fraction of sp³-hybridized carbons (Fsp3) is 1.00. The van der Waals surface area contributed by atoms with Crippen LogP contribution >= 0.6 is 11.8 Å². The van der Waals surface area contributed by atoms with Crippen LogP contribution in [0.5, 0.6) is 0 Å². The van der Waals surface area contributed by atoms with E-state index in [9.17, 15) is 0 Å². The van der Waals surface area contributed by atoms with Crippen LogP contribution in [0.4, 0.5) is 0 Å². The summed E-state index contributed by atoms with van der Waals surface area (Å²) >= 11 is 1.87. The molecule has 0 bridgehead atoms. The molecule has 0 fully saturated rings. The Hall–Kier alpha value is 0.310. The molecule has 0 amide bonds. The number of rotatable bonds is 5. The van der Waals surface area contributed by atoms with E-state index < -0.39 is 0 Å². The van der Waals surface area contributed by atoms with E-state index in [-0.39, 0.29) is 0 Å². The monoisotopic (exact) mass is 162 g/mol. The van der Waals surface area contributed by atoms with Gasteiger partial charge in [0.15, 0.2) is 0 Å². The van der Waals surface area contributed by atoms with Crippen LogP contribution in [0.2, 0.25) is 0 Å². The zero-order valence-electron chi connectivity index (χ0n) is 7.18. The van der Waals surface area contributed by atoms with Crippen molar-refractivity contribution < 1.29 is 5.11 Å². The minimum absolute atomic E-state index is 0.306. The summed E-state index contributed by atoms with van der Waals surface area (Å²) < 4.78 is 0.392. The first-order valence-electron chi connectivity index (χ1n) is 3.93. The average Bonchev–Trinajstić information content (AvgIpc) is 2.00. The van der Waals surface area contributed by atoms with Crippen molar-refractivity contribution in [1.82, 2.24) is 0 Å². The molecule has 0 spiro atoms. The van der Waals surface area contributed by atoms with Gasteiger partial charge in [-0.15, -0.1) is 0 Å². The second-order valence-corrected chi connectivity index (χ2v) is 4.41. The van der Waals surface area contributed by atoms with Gasteiger partial charge in [0.25, 0.3) is 0 Å². The molecule has 0 saturated heterocycles. The molecular formula is C8H18OS. The second kappa shape index (κ2) is 5.03. The summed E-state index contributed by atoms with van der Waals surface area (Å²) in [6, 6.07) is 0. The summed E-state index contributed by atoms with van der Waals surface area (Å²) in [6.07, 6.45) is 2.38.